The topological polar surface area (TPSA) is 55.1 Å². The number of nitrogens with zero attached hydrogens (tertiary/aromatic N) is 2. The second-order valence-electron chi connectivity index (χ2n) is 4.94. The molecule has 1 aromatic heterocycles. The van der Waals surface area contributed by atoms with Crippen molar-refractivity contribution in [1.82, 2.24) is 9.78 Å². The fraction of sp³-hybridized carbons (Fsp3) is 0.692. The van der Waals surface area contributed by atoms with E-state index in [2.05, 4.69) is 22.0 Å². The molecule has 1 heterocycles. The molecule has 1 saturated carbocycles. The van der Waals surface area contributed by atoms with Crippen LogP contribution < -0.4 is 0 Å². The van der Waals surface area contributed by atoms with Gasteiger partial charge < -0.3 is 5.11 Å². The maximum absolute atomic E-state index is 10.6. The molecule has 18 heavy (non-hydrogen) atoms. The van der Waals surface area contributed by atoms with Crippen LogP contribution in [0.2, 0.25) is 0 Å². The van der Waals surface area contributed by atoms with Crippen LogP contribution in [-0.4, -0.2) is 26.1 Å². The van der Waals surface area contributed by atoms with Crippen molar-refractivity contribution in [3.63, 3.8) is 0 Å². The summed E-state index contributed by atoms with van der Waals surface area (Å²) in [4.78, 5) is 10.6. The van der Waals surface area contributed by atoms with Crippen LogP contribution in [0.25, 0.3) is 0 Å². The zero-order chi connectivity index (χ0) is 13.0. The van der Waals surface area contributed by atoms with Gasteiger partial charge in [0.05, 0.1) is 18.2 Å². The summed E-state index contributed by atoms with van der Waals surface area (Å²) in [6.45, 7) is 1.95. The van der Waals surface area contributed by atoms with E-state index in [0.29, 0.717) is 6.04 Å². The monoisotopic (exact) mass is 268 g/mol. The number of hydrogen-bond acceptors (Lipinski definition) is 3. The lowest BCUT2D eigenvalue weighted by atomic mass is 10.3. The predicted molar refractivity (Wildman–Crippen MR) is 72.7 cm³/mol. The number of carboxylic acids is 1. The fourth-order valence-corrected chi connectivity index (χ4v) is 3.23. The van der Waals surface area contributed by atoms with Crippen LogP contribution in [0.4, 0.5) is 0 Å². The van der Waals surface area contributed by atoms with Crippen molar-refractivity contribution < 1.29 is 9.90 Å². The first-order valence-electron chi connectivity index (χ1n) is 6.52. The van der Waals surface area contributed by atoms with E-state index in [1.807, 2.05) is 6.92 Å². The lowest BCUT2D eigenvalue weighted by molar-refractivity contribution is -0.136. The zero-order valence-corrected chi connectivity index (χ0v) is 11.5. The fourth-order valence-electron chi connectivity index (χ4n) is 2.36. The van der Waals surface area contributed by atoms with Gasteiger partial charge in [-0.05, 0) is 18.9 Å². The second-order valence-corrected chi connectivity index (χ2v) is 6.37. The van der Waals surface area contributed by atoms with Crippen LogP contribution in [-0.2, 0) is 10.5 Å². The maximum Gasteiger partial charge on any atom is 0.304 e. The lowest BCUT2D eigenvalue weighted by Gasteiger charge is -2.09. The quantitative estimate of drug-likeness (QED) is 0.861. The van der Waals surface area contributed by atoms with Gasteiger partial charge in [0.15, 0.2) is 0 Å². The van der Waals surface area contributed by atoms with Crippen molar-refractivity contribution in [2.45, 2.75) is 56.1 Å². The summed E-state index contributed by atoms with van der Waals surface area (Å²) in [5.74, 6) is 0.0697. The van der Waals surface area contributed by atoms with Gasteiger partial charge in [0.2, 0.25) is 0 Å². The summed E-state index contributed by atoms with van der Waals surface area (Å²) in [5, 5.41) is 13.4. The molecule has 100 valence electrons. The SMILES string of the molecule is CC(CC(=O)O)SCc1ccn(C2CCCC2)n1. The molecule has 0 spiro atoms. The number of aliphatic carboxylic acids is 1. The summed E-state index contributed by atoms with van der Waals surface area (Å²) in [7, 11) is 0. The van der Waals surface area contributed by atoms with Crippen molar-refractivity contribution in [2.75, 3.05) is 0 Å². The number of rotatable bonds is 6. The van der Waals surface area contributed by atoms with E-state index in [1.54, 1.807) is 11.8 Å². The van der Waals surface area contributed by atoms with Crippen molar-refractivity contribution in [3.05, 3.63) is 18.0 Å². The van der Waals surface area contributed by atoms with E-state index in [-0.39, 0.29) is 11.7 Å². The third-order valence-electron chi connectivity index (χ3n) is 3.34. The van der Waals surface area contributed by atoms with Gasteiger partial charge in [0, 0.05) is 17.2 Å². The van der Waals surface area contributed by atoms with Crippen LogP contribution in [0.15, 0.2) is 12.3 Å². The highest BCUT2D eigenvalue weighted by Gasteiger charge is 2.17. The third-order valence-corrected chi connectivity index (χ3v) is 4.54. The molecular formula is C13H20N2O2S. The molecule has 1 aliphatic rings. The van der Waals surface area contributed by atoms with Crippen molar-refractivity contribution in [3.8, 4) is 0 Å². The molecule has 1 N–H and O–H groups in total. The van der Waals surface area contributed by atoms with Crippen LogP contribution in [0.5, 0.6) is 0 Å². The van der Waals surface area contributed by atoms with E-state index in [1.165, 1.54) is 25.7 Å². The zero-order valence-electron chi connectivity index (χ0n) is 10.7. The molecule has 0 bridgehead atoms. The number of hydrogen-bond donors (Lipinski definition) is 1. The molecule has 0 radical (unpaired) electrons. The minimum absolute atomic E-state index is 0.138. The van der Waals surface area contributed by atoms with Gasteiger partial charge in [0.1, 0.15) is 0 Å². The van der Waals surface area contributed by atoms with Crippen molar-refractivity contribution >= 4 is 17.7 Å². The lowest BCUT2D eigenvalue weighted by Crippen LogP contribution is -2.07. The highest BCUT2D eigenvalue weighted by atomic mass is 32.2. The predicted octanol–water partition coefficient (Wildman–Crippen LogP) is 3.09. The van der Waals surface area contributed by atoms with E-state index in [9.17, 15) is 4.79 Å². The molecular weight excluding hydrogens is 248 g/mol. The highest BCUT2D eigenvalue weighted by Crippen LogP contribution is 2.29. The Morgan fingerprint density at radius 1 is 1.61 bits per heavy atom. The molecule has 1 atom stereocenters. The summed E-state index contributed by atoms with van der Waals surface area (Å²) in [5.41, 5.74) is 1.06. The molecule has 0 aliphatic heterocycles. The summed E-state index contributed by atoms with van der Waals surface area (Å²) in [6.07, 6.45) is 7.38. The van der Waals surface area contributed by atoms with Gasteiger partial charge in [-0.3, -0.25) is 9.48 Å². The Labute approximate surface area is 112 Å². The molecule has 1 aliphatic carbocycles. The number of thioether (sulfide) groups is 1. The molecule has 1 unspecified atom stereocenters. The smallest absolute Gasteiger partial charge is 0.304 e. The van der Waals surface area contributed by atoms with Gasteiger partial charge in [-0.25, -0.2) is 0 Å². The van der Waals surface area contributed by atoms with Gasteiger partial charge in [-0.2, -0.15) is 16.9 Å². The molecule has 4 nitrogen and oxygen atoms in total. The van der Waals surface area contributed by atoms with Gasteiger partial charge >= 0.3 is 5.97 Å². The molecule has 1 fully saturated rings. The largest absolute Gasteiger partial charge is 0.481 e. The van der Waals surface area contributed by atoms with Crippen LogP contribution >= 0.6 is 11.8 Å². The number of carboxylic acid groups (broad SMARTS) is 1. The Bertz CT molecular complexity index is 399. The Kier molecular flexibility index (Phi) is 4.69. The number of aromatic nitrogens is 2. The molecule has 2 rings (SSSR count). The maximum atomic E-state index is 10.6. The van der Waals surface area contributed by atoms with Gasteiger partial charge in [0.25, 0.3) is 0 Å². The summed E-state index contributed by atoms with van der Waals surface area (Å²) < 4.78 is 2.09. The normalized spacial score (nSPS) is 18.1. The van der Waals surface area contributed by atoms with Crippen molar-refractivity contribution in [2.24, 2.45) is 0 Å². The standard InChI is InChI=1S/C13H20N2O2S/c1-10(8-13(16)17)18-9-11-6-7-15(14-11)12-4-2-3-5-12/h6-7,10,12H,2-5,8-9H2,1H3,(H,16,17). The van der Waals surface area contributed by atoms with E-state index >= 15 is 0 Å². The van der Waals surface area contributed by atoms with Gasteiger partial charge in [-0.15, -0.1) is 0 Å². The first-order valence-corrected chi connectivity index (χ1v) is 7.57. The second kappa shape index (κ2) is 6.27. The first-order chi connectivity index (χ1) is 8.65. The summed E-state index contributed by atoms with van der Waals surface area (Å²) >= 11 is 1.66. The minimum atomic E-state index is -0.730. The molecule has 0 saturated heterocycles. The molecule has 5 heteroatoms. The first kappa shape index (κ1) is 13.5. The molecule has 1 aromatic rings. The van der Waals surface area contributed by atoms with Crippen LogP contribution in [0.1, 0.15) is 50.8 Å². The Morgan fingerprint density at radius 3 is 3.00 bits per heavy atom. The highest BCUT2D eigenvalue weighted by molar-refractivity contribution is 7.99. The third kappa shape index (κ3) is 3.77. The number of carbonyl (C=O) groups is 1. The Hall–Kier alpha value is -0.970. The van der Waals surface area contributed by atoms with Crippen molar-refractivity contribution in [1.29, 1.82) is 0 Å². The van der Waals surface area contributed by atoms with E-state index in [4.69, 9.17) is 5.11 Å². The summed E-state index contributed by atoms with van der Waals surface area (Å²) in [6, 6.07) is 2.64. The van der Waals surface area contributed by atoms with E-state index in [0.717, 1.165) is 11.4 Å². The van der Waals surface area contributed by atoms with Crippen LogP contribution in [0, 0.1) is 0 Å². The minimum Gasteiger partial charge on any atom is -0.481 e. The average molecular weight is 268 g/mol. The van der Waals surface area contributed by atoms with E-state index < -0.39 is 5.97 Å². The molecule has 0 aromatic carbocycles. The van der Waals surface area contributed by atoms with Gasteiger partial charge in [-0.1, -0.05) is 19.8 Å². The Morgan fingerprint density at radius 2 is 2.33 bits per heavy atom. The average Bonchev–Trinajstić information content (AvgIpc) is 2.96. The molecule has 0 amide bonds. The van der Waals surface area contributed by atoms with Crippen LogP contribution in [0.3, 0.4) is 0 Å². The Balaban J connectivity index is 1.81.